The van der Waals surface area contributed by atoms with Crippen LogP contribution >= 0.6 is 0 Å². The number of hydrogen-bond acceptors (Lipinski definition) is 1. The van der Waals surface area contributed by atoms with Crippen molar-refractivity contribution < 1.29 is 9.90 Å². The third-order valence-electron chi connectivity index (χ3n) is 7.26. The van der Waals surface area contributed by atoms with Gasteiger partial charge in [0.2, 0.25) is 0 Å². The van der Waals surface area contributed by atoms with Gasteiger partial charge in [0, 0.05) is 0 Å². The molecule has 3 saturated carbocycles. The van der Waals surface area contributed by atoms with Gasteiger partial charge in [0.25, 0.3) is 0 Å². The smallest absolute Gasteiger partial charge is 0.307 e. The van der Waals surface area contributed by atoms with Crippen molar-refractivity contribution in [2.45, 2.75) is 59.8 Å². The summed E-state index contributed by atoms with van der Waals surface area (Å²) >= 11 is 0. The maximum absolute atomic E-state index is 11.9. The van der Waals surface area contributed by atoms with Crippen LogP contribution in [0.1, 0.15) is 59.8 Å². The zero-order valence-electron chi connectivity index (χ0n) is 12.1. The van der Waals surface area contributed by atoms with Gasteiger partial charge in [-0.25, -0.2) is 0 Å². The molecule has 0 aromatic rings. The van der Waals surface area contributed by atoms with Crippen molar-refractivity contribution >= 4 is 5.97 Å². The van der Waals surface area contributed by atoms with Crippen LogP contribution in [-0.2, 0) is 4.79 Å². The molecule has 2 nitrogen and oxygen atoms in total. The maximum Gasteiger partial charge on any atom is 0.307 e. The molecule has 0 saturated heterocycles. The van der Waals surface area contributed by atoms with Crippen molar-refractivity contribution in [3.8, 4) is 0 Å². The van der Waals surface area contributed by atoms with Gasteiger partial charge in [0.15, 0.2) is 0 Å². The Labute approximate surface area is 110 Å². The molecule has 18 heavy (non-hydrogen) atoms. The van der Waals surface area contributed by atoms with Crippen molar-refractivity contribution in [2.24, 2.45) is 34.0 Å². The van der Waals surface area contributed by atoms with Gasteiger partial charge in [-0.05, 0) is 53.8 Å². The lowest BCUT2D eigenvalue weighted by atomic mass is 9.58. The van der Waals surface area contributed by atoms with E-state index in [-0.39, 0.29) is 22.2 Å². The fourth-order valence-electron chi connectivity index (χ4n) is 6.17. The number of carbonyl (C=O) groups is 1. The van der Waals surface area contributed by atoms with Crippen LogP contribution in [0.3, 0.4) is 0 Å². The van der Waals surface area contributed by atoms with E-state index >= 15 is 0 Å². The lowest BCUT2D eigenvalue weighted by Crippen LogP contribution is -2.44. The van der Waals surface area contributed by atoms with E-state index in [4.69, 9.17) is 0 Å². The molecule has 1 unspecified atom stereocenters. The predicted molar refractivity (Wildman–Crippen MR) is 71.2 cm³/mol. The van der Waals surface area contributed by atoms with Crippen LogP contribution in [0.25, 0.3) is 0 Å². The summed E-state index contributed by atoms with van der Waals surface area (Å²) in [7, 11) is 0. The minimum Gasteiger partial charge on any atom is -0.481 e. The molecule has 4 bridgehead atoms. The minimum absolute atomic E-state index is 0.0336. The first-order valence-corrected chi connectivity index (χ1v) is 7.47. The summed E-state index contributed by atoms with van der Waals surface area (Å²) in [6.07, 6.45) is 6.09. The summed E-state index contributed by atoms with van der Waals surface area (Å²) in [6.45, 7) is 9.28. The van der Waals surface area contributed by atoms with Crippen molar-refractivity contribution in [3.05, 3.63) is 0 Å². The molecule has 0 spiro atoms. The number of aliphatic carboxylic acids is 1. The Balaban J connectivity index is 2.17. The molecule has 0 heterocycles. The van der Waals surface area contributed by atoms with Gasteiger partial charge in [-0.15, -0.1) is 0 Å². The zero-order chi connectivity index (χ0) is 13.3. The SMILES string of the molecule is CC1(C)CCC[C@@]2(C)C3CC[C@]2(C)[C@@H](C(=O)O)[C@@H]31. The summed E-state index contributed by atoms with van der Waals surface area (Å²) < 4.78 is 0. The van der Waals surface area contributed by atoms with Gasteiger partial charge >= 0.3 is 5.97 Å². The first-order valence-electron chi connectivity index (χ1n) is 7.47. The second-order valence-corrected chi connectivity index (χ2v) is 8.16. The van der Waals surface area contributed by atoms with Gasteiger partial charge in [-0.1, -0.05) is 34.1 Å². The van der Waals surface area contributed by atoms with E-state index < -0.39 is 5.97 Å². The molecule has 0 aromatic heterocycles. The van der Waals surface area contributed by atoms with E-state index in [1.807, 2.05) is 0 Å². The van der Waals surface area contributed by atoms with E-state index in [0.29, 0.717) is 11.8 Å². The Bertz CT molecular complexity index is 400. The maximum atomic E-state index is 11.9. The number of hydrogen-bond donors (Lipinski definition) is 1. The molecule has 1 N–H and O–H groups in total. The van der Waals surface area contributed by atoms with E-state index in [1.165, 1.54) is 25.7 Å². The van der Waals surface area contributed by atoms with Gasteiger partial charge in [-0.3, -0.25) is 4.79 Å². The average Bonchev–Trinajstić information content (AvgIpc) is 2.55. The van der Waals surface area contributed by atoms with E-state index in [2.05, 4.69) is 27.7 Å². The Morgan fingerprint density at radius 1 is 1.06 bits per heavy atom. The second-order valence-electron chi connectivity index (χ2n) is 8.16. The summed E-state index contributed by atoms with van der Waals surface area (Å²) in [5, 5.41) is 9.79. The van der Waals surface area contributed by atoms with Crippen LogP contribution in [-0.4, -0.2) is 11.1 Å². The number of carboxylic acids is 1. The predicted octanol–water partition coefficient (Wildman–Crippen LogP) is 3.95. The molecular weight excluding hydrogens is 224 g/mol. The third-order valence-corrected chi connectivity index (χ3v) is 7.26. The molecule has 0 radical (unpaired) electrons. The van der Waals surface area contributed by atoms with Crippen LogP contribution in [0.5, 0.6) is 0 Å². The molecule has 3 aliphatic rings. The monoisotopic (exact) mass is 250 g/mol. The lowest BCUT2D eigenvalue weighted by Gasteiger charge is -2.45. The standard InChI is InChI=1S/C16H26O2/c1-14(2)7-5-8-15(3)10-6-9-16(15,4)12(11(10)14)13(17)18/h10-12H,5-9H2,1-4H3,(H,17,18)/t10?,11-,12-,15+,16-/m1/s1. The highest BCUT2D eigenvalue weighted by atomic mass is 16.4. The molecule has 3 fully saturated rings. The summed E-state index contributed by atoms with van der Waals surface area (Å²) in [6, 6.07) is 0. The molecule has 2 heteroatoms. The van der Waals surface area contributed by atoms with Crippen molar-refractivity contribution in [1.29, 1.82) is 0 Å². The molecule has 5 atom stereocenters. The van der Waals surface area contributed by atoms with Gasteiger partial charge < -0.3 is 5.11 Å². The molecular formula is C16H26O2. The first kappa shape index (κ1) is 12.5. The minimum atomic E-state index is -0.536. The topological polar surface area (TPSA) is 37.3 Å². The van der Waals surface area contributed by atoms with E-state index in [9.17, 15) is 9.90 Å². The highest BCUT2D eigenvalue weighted by Crippen LogP contribution is 2.76. The van der Waals surface area contributed by atoms with Crippen LogP contribution in [0.2, 0.25) is 0 Å². The Hall–Kier alpha value is -0.530. The summed E-state index contributed by atoms with van der Waals surface area (Å²) in [5.74, 6) is 0.379. The normalized spacial score (nSPS) is 53.2. The summed E-state index contributed by atoms with van der Waals surface area (Å²) in [4.78, 5) is 11.9. The van der Waals surface area contributed by atoms with Crippen molar-refractivity contribution in [3.63, 3.8) is 0 Å². The average molecular weight is 250 g/mol. The summed E-state index contributed by atoms with van der Waals surface area (Å²) in [5.41, 5.74) is 0.504. The van der Waals surface area contributed by atoms with Crippen molar-refractivity contribution in [1.82, 2.24) is 0 Å². The molecule has 0 amide bonds. The molecule has 3 rings (SSSR count). The van der Waals surface area contributed by atoms with E-state index in [1.54, 1.807) is 0 Å². The zero-order valence-corrected chi connectivity index (χ0v) is 12.1. The van der Waals surface area contributed by atoms with Crippen LogP contribution < -0.4 is 0 Å². The second kappa shape index (κ2) is 3.32. The highest BCUT2D eigenvalue weighted by molar-refractivity contribution is 5.73. The number of rotatable bonds is 1. The fourth-order valence-corrected chi connectivity index (χ4v) is 6.17. The fraction of sp³-hybridized carbons (Fsp3) is 0.938. The van der Waals surface area contributed by atoms with Crippen LogP contribution in [0.15, 0.2) is 0 Å². The molecule has 0 aromatic carbocycles. The van der Waals surface area contributed by atoms with Crippen LogP contribution in [0, 0.1) is 34.0 Å². The first-order chi connectivity index (χ1) is 8.24. The van der Waals surface area contributed by atoms with Gasteiger partial charge in [-0.2, -0.15) is 0 Å². The largest absolute Gasteiger partial charge is 0.481 e. The van der Waals surface area contributed by atoms with Gasteiger partial charge in [0.05, 0.1) is 5.92 Å². The molecule has 0 aliphatic heterocycles. The Morgan fingerprint density at radius 2 is 1.72 bits per heavy atom. The van der Waals surface area contributed by atoms with Crippen molar-refractivity contribution in [2.75, 3.05) is 0 Å². The Morgan fingerprint density at radius 3 is 2.33 bits per heavy atom. The van der Waals surface area contributed by atoms with Crippen LogP contribution in [0.4, 0.5) is 0 Å². The highest BCUT2D eigenvalue weighted by Gasteiger charge is 2.72. The van der Waals surface area contributed by atoms with E-state index in [0.717, 1.165) is 6.42 Å². The number of carboxylic acid groups (broad SMARTS) is 1. The Kier molecular flexibility index (Phi) is 2.30. The molecule has 102 valence electrons. The quantitative estimate of drug-likeness (QED) is 0.765. The van der Waals surface area contributed by atoms with Gasteiger partial charge in [0.1, 0.15) is 0 Å². The molecule has 3 aliphatic carbocycles. The third kappa shape index (κ3) is 1.18. The lowest BCUT2D eigenvalue weighted by molar-refractivity contribution is -0.152.